The summed E-state index contributed by atoms with van der Waals surface area (Å²) in [4.78, 5) is 8.53. The number of methoxy groups -OCH3 is 1. The van der Waals surface area contributed by atoms with Crippen molar-refractivity contribution in [2.24, 2.45) is 16.1 Å². The van der Waals surface area contributed by atoms with Gasteiger partial charge in [-0.3, -0.25) is 0 Å². The minimum Gasteiger partial charge on any atom is -0.479 e. The molecule has 0 spiro atoms. The van der Waals surface area contributed by atoms with Crippen LogP contribution in [0.15, 0.2) is 95.2 Å². The maximum Gasteiger partial charge on any atom is 0.248 e. The molecule has 0 radical (unpaired) electrons. The zero-order valence-electron chi connectivity index (χ0n) is 23.1. The number of aliphatic hydroxyl groups is 1. The highest BCUT2D eigenvalue weighted by Crippen LogP contribution is 2.38. The van der Waals surface area contributed by atoms with Crippen molar-refractivity contribution >= 4 is 34.7 Å². The highest BCUT2D eigenvalue weighted by molar-refractivity contribution is 6.30. The van der Waals surface area contributed by atoms with E-state index in [4.69, 9.17) is 31.5 Å². The Kier molecular flexibility index (Phi) is 9.94. The first-order chi connectivity index (χ1) is 20.5. The average Bonchev–Trinajstić information content (AvgIpc) is 3.30. The molecule has 1 fully saturated rings. The van der Waals surface area contributed by atoms with Crippen LogP contribution in [0.25, 0.3) is 0 Å². The molecule has 42 heavy (non-hydrogen) atoms. The molecule has 0 bridgehead atoms. The van der Waals surface area contributed by atoms with Gasteiger partial charge < -0.3 is 30.4 Å². The van der Waals surface area contributed by atoms with Crippen LogP contribution in [0.2, 0.25) is 5.02 Å². The Bertz CT molecular complexity index is 1460. The molecule has 5 rings (SSSR count). The molecular weight excluding hydrogens is 556 g/mol. The quantitative estimate of drug-likeness (QED) is 0.169. The normalized spacial score (nSPS) is 20.2. The van der Waals surface area contributed by atoms with Crippen molar-refractivity contribution in [3.63, 3.8) is 0 Å². The second kappa shape index (κ2) is 14.2. The molecule has 218 valence electrons. The lowest BCUT2D eigenvalue weighted by molar-refractivity contribution is -0.0463. The second-order valence-corrected chi connectivity index (χ2v) is 10.4. The molecule has 1 aliphatic rings. The molecule has 1 saturated carbocycles. The van der Waals surface area contributed by atoms with Crippen molar-refractivity contribution in [1.29, 1.82) is 0 Å². The Morgan fingerprint density at radius 2 is 1.60 bits per heavy atom. The molecular formula is C31H33ClN6O4. The van der Waals surface area contributed by atoms with Gasteiger partial charge >= 0.3 is 0 Å². The summed E-state index contributed by atoms with van der Waals surface area (Å²) in [6.07, 6.45) is -0.605. The van der Waals surface area contributed by atoms with Crippen molar-refractivity contribution < 1.29 is 19.3 Å². The van der Waals surface area contributed by atoms with Crippen LogP contribution in [0.3, 0.4) is 0 Å². The number of hydrogen-bond acceptors (Lipinski definition) is 10. The maximum absolute atomic E-state index is 11.5. The number of benzene rings is 3. The zero-order chi connectivity index (χ0) is 29.3. The highest BCUT2D eigenvalue weighted by atomic mass is 35.5. The number of rotatable bonds is 12. The van der Waals surface area contributed by atoms with Crippen molar-refractivity contribution in [3.8, 4) is 5.88 Å². The second-order valence-electron chi connectivity index (χ2n) is 9.94. The molecule has 0 aliphatic heterocycles. The number of nitrogens with two attached hydrogens (primary N) is 1. The number of nitrogens with one attached hydrogen (secondary N) is 1. The van der Waals surface area contributed by atoms with Gasteiger partial charge in [-0.15, -0.1) is 5.11 Å². The van der Waals surface area contributed by atoms with Gasteiger partial charge in [-0.05, 0) is 41.8 Å². The van der Waals surface area contributed by atoms with Crippen LogP contribution < -0.4 is 15.8 Å². The van der Waals surface area contributed by atoms with E-state index in [2.05, 4.69) is 25.5 Å². The summed E-state index contributed by atoms with van der Waals surface area (Å²) >= 11 is 5.99. The third-order valence-electron chi connectivity index (χ3n) is 7.02. The first-order valence-electron chi connectivity index (χ1n) is 13.6. The zero-order valence-corrected chi connectivity index (χ0v) is 23.9. The first-order valence-corrected chi connectivity index (χ1v) is 14.0. The molecule has 1 aliphatic carbocycles. The largest absolute Gasteiger partial charge is 0.479 e. The van der Waals surface area contributed by atoms with Crippen LogP contribution in [0.5, 0.6) is 5.88 Å². The lowest BCUT2D eigenvalue weighted by Gasteiger charge is -2.23. The molecule has 4 aromatic rings. The average molecular weight is 589 g/mol. The van der Waals surface area contributed by atoms with Gasteiger partial charge in [0.2, 0.25) is 11.8 Å². The Labute approximate surface area is 249 Å². The summed E-state index contributed by atoms with van der Waals surface area (Å²) in [5.41, 5.74) is 8.92. The molecule has 4 atom stereocenters. The standard InChI is InChI=1S/C31H33ClN6O4/c1-40-30-27(38-37-23-14-12-22(32)13-15-23)29(35-31(33)36-30)34-25-16-26(42-18-21-10-6-3-7-11-21)24(28(25)39)19-41-17-20-8-4-2-5-9-20/h2-15,24-26,28,39H,16-19H2,1H3,(H3,33,34,35,36)/t24-,25+,26+,28+/m1/s1. The molecule has 0 saturated heterocycles. The number of anilines is 2. The fraction of sp³-hybridized carbons (Fsp3) is 0.290. The maximum atomic E-state index is 11.5. The van der Waals surface area contributed by atoms with Crippen molar-refractivity contribution in [1.82, 2.24) is 9.97 Å². The summed E-state index contributed by atoms with van der Waals surface area (Å²) in [5, 5.41) is 24.1. The summed E-state index contributed by atoms with van der Waals surface area (Å²) < 4.78 is 17.8. The highest BCUT2D eigenvalue weighted by Gasteiger charge is 2.44. The number of nitrogen functional groups attached to an aromatic ring is 1. The van der Waals surface area contributed by atoms with Crippen molar-refractivity contribution in [2.45, 2.75) is 37.9 Å². The Morgan fingerprint density at radius 3 is 2.26 bits per heavy atom. The molecule has 1 aromatic heterocycles. The van der Waals surface area contributed by atoms with Crippen LogP contribution in [-0.2, 0) is 22.7 Å². The molecule has 0 amide bonds. The Morgan fingerprint density at radius 1 is 0.929 bits per heavy atom. The van der Waals surface area contributed by atoms with Crippen LogP contribution in [0, 0.1) is 5.92 Å². The van der Waals surface area contributed by atoms with E-state index in [0.29, 0.717) is 37.0 Å². The molecule has 0 unspecified atom stereocenters. The fourth-order valence-electron chi connectivity index (χ4n) is 4.86. The number of aromatic nitrogens is 2. The number of halogens is 1. The SMILES string of the molecule is COc1nc(N)nc(N[C@H]2C[C@H](OCc3ccccc3)[C@@H](COCc3ccccc3)[C@@H]2O)c1N=Nc1ccc(Cl)cc1. The topological polar surface area (TPSA) is 136 Å². The smallest absolute Gasteiger partial charge is 0.248 e. The van der Waals surface area contributed by atoms with Crippen LogP contribution in [0.1, 0.15) is 17.5 Å². The lowest BCUT2D eigenvalue weighted by Crippen LogP contribution is -2.35. The summed E-state index contributed by atoms with van der Waals surface area (Å²) in [6, 6.07) is 26.3. The predicted molar refractivity (Wildman–Crippen MR) is 161 cm³/mol. The third-order valence-corrected chi connectivity index (χ3v) is 7.27. The van der Waals surface area contributed by atoms with Gasteiger partial charge in [-0.1, -0.05) is 72.3 Å². The van der Waals surface area contributed by atoms with E-state index in [1.165, 1.54) is 7.11 Å². The van der Waals surface area contributed by atoms with Gasteiger partial charge in [0.15, 0.2) is 11.5 Å². The van der Waals surface area contributed by atoms with Gasteiger partial charge in [0.25, 0.3) is 0 Å². The minimum absolute atomic E-state index is 0.00750. The Hall–Kier alpha value is -4.09. The Balaban J connectivity index is 1.35. The van der Waals surface area contributed by atoms with Gasteiger partial charge in [0, 0.05) is 10.9 Å². The molecule has 1 heterocycles. The number of aliphatic hydroxyl groups excluding tert-OH is 1. The van der Waals surface area contributed by atoms with E-state index in [-0.39, 0.29) is 35.4 Å². The molecule has 4 N–H and O–H groups in total. The molecule has 3 aromatic carbocycles. The summed E-state index contributed by atoms with van der Waals surface area (Å²) in [7, 11) is 1.46. The number of azo groups is 1. The molecule has 10 nitrogen and oxygen atoms in total. The number of hydrogen-bond donors (Lipinski definition) is 3. The fourth-order valence-corrected chi connectivity index (χ4v) is 4.99. The van der Waals surface area contributed by atoms with E-state index in [1.807, 2.05) is 60.7 Å². The minimum atomic E-state index is -0.815. The number of ether oxygens (including phenoxy) is 3. The first kappa shape index (κ1) is 29.4. The van der Waals surface area contributed by atoms with Crippen molar-refractivity contribution in [2.75, 3.05) is 24.8 Å². The van der Waals surface area contributed by atoms with Crippen LogP contribution >= 0.6 is 11.6 Å². The van der Waals surface area contributed by atoms with E-state index in [9.17, 15) is 5.11 Å². The van der Waals surface area contributed by atoms with Gasteiger partial charge in [-0.25, -0.2) is 0 Å². The monoisotopic (exact) mass is 588 g/mol. The van der Waals surface area contributed by atoms with E-state index in [1.54, 1.807) is 24.3 Å². The van der Waals surface area contributed by atoms with Gasteiger partial charge in [0.1, 0.15) is 0 Å². The van der Waals surface area contributed by atoms with Gasteiger partial charge in [-0.2, -0.15) is 15.1 Å². The lowest BCUT2D eigenvalue weighted by atomic mass is 10.0. The predicted octanol–water partition coefficient (Wildman–Crippen LogP) is 6.10. The van der Waals surface area contributed by atoms with Crippen LogP contribution in [0.4, 0.5) is 23.1 Å². The third kappa shape index (κ3) is 7.59. The van der Waals surface area contributed by atoms with E-state index < -0.39 is 12.1 Å². The van der Waals surface area contributed by atoms with Crippen molar-refractivity contribution in [3.05, 3.63) is 101 Å². The summed E-state index contributed by atoms with van der Waals surface area (Å²) in [5.74, 6) is 0.130. The molecule has 11 heteroatoms. The van der Waals surface area contributed by atoms with Crippen LogP contribution in [-0.4, -0.2) is 47.0 Å². The summed E-state index contributed by atoms with van der Waals surface area (Å²) in [6.45, 7) is 1.16. The van der Waals surface area contributed by atoms with E-state index in [0.717, 1.165) is 11.1 Å². The van der Waals surface area contributed by atoms with Gasteiger partial charge in [0.05, 0.1) is 50.9 Å². The van der Waals surface area contributed by atoms with E-state index >= 15 is 0 Å². The number of nitrogens with zero attached hydrogens (tertiary/aromatic N) is 4.